The Morgan fingerprint density at radius 2 is 2.17 bits per heavy atom. The van der Waals surface area contributed by atoms with E-state index in [0.29, 0.717) is 16.5 Å². The number of benzene rings is 1. The number of aliphatic carboxylic acids is 1. The highest BCUT2D eigenvalue weighted by molar-refractivity contribution is 6.35. The highest BCUT2D eigenvalue weighted by Crippen LogP contribution is 2.34. The molecule has 1 unspecified atom stereocenters. The number of allylic oxidation sites excluding steroid dienone is 3. The Hall–Kier alpha value is -2.17. The van der Waals surface area contributed by atoms with Gasteiger partial charge in [0.05, 0.1) is 5.70 Å². The molecular formula is C17H14Cl2N2O2. The van der Waals surface area contributed by atoms with E-state index in [1.54, 1.807) is 18.2 Å². The van der Waals surface area contributed by atoms with E-state index in [2.05, 4.69) is 5.32 Å². The Bertz CT molecular complexity index is 768. The molecule has 2 aliphatic rings. The van der Waals surface area contributed by atoms with E-state index in [1.165, 1.54) is 0 Å². The normalized spacial score (nSPS) is 22.2. The van der Waals surface area contributed by atoms with E-state index < -0.39 is 11.6 Å². The number of hydrogen-bond acceptors (Lipinski definition) is 3. The summed E-state index contributed by atoms with van der Waals surface area (Å²) in [4.78, 5) is 13.0. The van der Waals surface area contributed by atoms with Crippen LogP contribution in [-0.4, -0.2) is 21.6 Å². The van der Waals surface area contributed by atoms with Crippen LogP contribution in [0.5, 0.6) is 0 Å². The quantitative estimate of drug-likeness (QED) is 0.814. The van der Waals surface area contributed by atoms with Crippen molar-refractivity contribution < 1.29 is 9.90 Å². The first-order chi connectivity index (χ1) is 11.0. The minimum absolute atomic E-state index is 0.477. The van der Waals surface area contributed by atoms with Crippen molar-refractivity contribution in [2.75, 3.05) is 0 Å². The fourth-order valence-electron chi connectivity index (χ4n) is 2.69. The van der Waals surface area contributed by atoms with Crippen LogP contribution in [0, 0.1) is 0 Å². The lowest BCUT2D eigenvalue weighted by molar-refractivity contribution is -0.131. The lowest BCUT2D eigenvalue weighted by atomic mass is 9.97. The Labute approximate surface area is 144 Å². The number of fused-ring (bicyclic) bond motifs is 1. The monoisotopic (exact) mass is 348 g/mol. The number of nitrogens with zero attached hydrogens (tertiary/aromatic N) is 1. The van der Waals surface area contributed by atoms with Gasteiger partial charge in [-0.1, -0.05) is 35.3 Å². The molecule has 2 aliphatic heterocycles. The molecule has 118 valence electrons. The summed E-state index contributed by atoms with van der Waals surface area (Å²) in [6, 6.07) is 5.30. The summed E-state index contributed by atoms with van der Waals surface area (Å²) in [5, 5.41) is 13.4. The number of halogens is 2. The largest absolute Gasteiger partial charge is 0.478 e. The molecule has 4 nitrogen and oxygen atoms in total. The molecule has 0 bridgehead atoms. The maximum atomic E-state index is 11.0. The topological polar surface area (TPSA) is 52.6 Å². The zero-order valence-electron chi connectivity index (χ0n) is 12.0. The molecule has 6 heteroatoms. The Morgan fingerprint density at radius 1 is 1.35 bits per heavy atom. The van der Waals surface area contributed by atoms with Crippen molar-refractivity contribution in [1.29, 1.82) is 0 Å². The zero-order valence-corrected chi connectivity index (χ0v) is 13.6. The minimum Gasteiger partial charge on any atom is -0.478 e. The van der Waals surface area contributed by atoms with Crippen molar-refractivity contribution in [1.82, 2.24) is 10.2 Å². The van der Waals surface area contributed by atoms with Gasteiger partial charge in [0.25, 0.3) is 0 Å². The lowest BCUT2D eigenvalue weighted by Crippen LogP contribution is -2.50. The average molecular weight is 349 g/mol. The summed E-state index contributed by atoms with van der Waals surface area (Å²) in [6.07, 6.45) is 12.8. The molecule has 0 aromatic heterocycles. The summed E-state index contributed by atoms with van der Waals surface area (Å²) >= 11 is 12.2. The molecular weight excluding hydrogens is 335 g/mol. The van der Waals surface area contributed by atoms with Gasteiger partial charge >= 0.3 is 5.97 Å². The summed E-state index contributed by atoms with van der Waals surface area (Å²) in [5.41, 5.74) is 1.09. The van der Waals surface area contributed by atoms with Crippen molar-refractivity contribution >= 4 is 29.2 Å². The van der Waals surface area contributed by atoms with E-state index in [1.807, 2.05) is 41.6 Å². The molecule has 0 aliphatic carbocycles. The van der Waals surface area contributed by atoms with E-state index in [-0.39, 0.29) is 0 Å². The zero-order chi connectivity index (χ0) is 16.4. The van der Waals surface area contributed by atoms with E-state index in [0.717, 1.165) is 17.3 Å². The predicted molar refractivity (Wildman–Crippen MR) is 91.0 cm³/mol. The maximum absolute atomic E-state index is 11.0. The van der Waals surface area contributed by atoms with Gasteiger partial charge in [-0.15, -0.1) is 0 Å². The molecule has 2 N–H and O–H groups in total. The van der Waals surface area contributed by atoms with Crippen molar-refractivity contribution in [3.63, 3.8) is 0 Å². The molecule has 0 saturated carbocycles. The average Bonchev–Trinajstić information content (AvgIpc) is 2.88. The van der Waals surface area contributed by atoms with E-state index in [4.69, 9.17) is 28.3 Å². The summed E-state index contributed by atoms with van der Waals surface area (Å²) in [5.74, 6) is -1.00. The van der Waals surface area contributed by atoms with Gasteiger partial charge in [-0.3, -0.25) is 0 Å². The standard InChI is InChI=1S/C17H14Cl2N2O2/c18-13-5-4-12(15(19)9-13)10-17(7-6-16(22)23)20-11-14-3-1-2-8-21(14)17/h1-9,11,20H,10H2,(H,22,23). The van der Waals surface area contributed by atoms with Crippen LogP contribution >= 0.6 is 23.2 Å². The van der Waals surface area contributed by atoms with Crippen LogP contribution in [0.2, 0.25) is 10.0 Å². The second-order valence-corrected chi connectivity index (χ2v) is 6.14. The molecule has 1 aromatic carbocycles. The number of rotatable bonds is 4. The molecule has 23 heavy (non-hydrogen) atoms. The van der Waals surface area contributed by atoms with Gasteiger partial charge in [0.2, 0.25) is 0 Å². The summed E-state index contributed by atoms with van der Waals surface area (Å²) in [6.45, 7) is 0. The highest BCUT2D eigenvalue weighted by Gasteiger charge is 2.38. The Morgan fingerprint density at radius 3 is 2.91 bits per heavy atom. The van der Waals surface area contributed by atoms with Gasteiger partial charge in [-0.2, -0.15) is 0 Å². The van der Waals surface area contributed by atoms with Crippen LogP contribution in [0.25, 0.3) is 0 Å². The first-order valence-electron chi connectivity index (χ1n) is 6.98. The van der Waals surface area contributed by atoms with Crippen LogP contribution in [0.4, 0.5) is 0 Å². The number of hydrogen-bond donors (Lipinski definition) is 2. The number of carbonyl (C=O) groups is 1. The fourth-order valence-corrected chi connectivity index (χ4v) is 3.17. The molecule has 1 atom stereocenters. The van der Waals surface area contributed by atoms with Crippen LogP contribution in [0.1, 0.15) is 5.56 Å². The predicted octanol–water partition coefficient (Wildman–Crippen LogP) is 3.70. The third kappa shape index (κ3) is 3.14. The molecule has 1 aromatic rings. The van der Waals surface area contributed by atoms with Crippen LogP contribution in [0.3, 0.4) is 0 Å². The van der Waals surface area contributed by atoms with Gasteiger partial charge in [0.15, 0.2) is 0 Å². The number of carboxylic acid groups (broad SMARTS) is 1. The van der Waals surface area contributed by atoms with Gasteiger partial charge in [0, 0.05) is 34.9 Å². The molecule has 0 amide bonds. The lowest BCUT2D eigenvalue weighted by Gasteiger charge is -2.38. The third-order valence-corrected chi connectivity index (χ3v) is 4.35. The number of nitrogens with one attached hydrogen (secondary N) is 1. The van der Waals surface area contributed by atoms with Crippen molar-refractivity contribution in [2.24, 2.45) is 0 Å². The van der Waals surface area contributed by atoms with Crippen molar-refractivity contribution in [3.05, 3.63) is 82.3 Å². The van der Waals surface area contributed by atoms with Gasteiger partial charge in [-0.05, 0) is 35.9 Å². The van der Waals surface area contributed by atoms with E-state index >= 15 is 0 Å². The summed E-state index contributed by atoms with van der Waals surface area (Å²) in [7, 11) is 0. The highest BCUT2D eigenvalue weighted by atomic mass is 35.5. The fraction of sp³-hybridized carbons (Fsp3) is 0.118. The van der Waals surface area contributed by atoms with E-state index in [9.17, 15) is 4.79 Å². The second kappa shape index (κ2) is 6.14. The Kier molecular flexibility index (Phi) is 4.20. The van der Waals surface area contributed by atoms with Crippen LogP contribution < -0.4 is 5.32 Å². The molecule has 3 rings (SSSR count). The molecule has 2 heterocycles. The SMILES string of the molecule is O=C(O)C=CC1(Cc2ccc(Cl)cc2Cl)NC=C2C=CC=CN21. The van der Waals surface area contributed by atoms with Crippen molar-refractivity contribution in [2.45, 2.75) is 12.1 Å². The van der Waals surface area contributed by atoms with Crippen LogP contribution in [-0.2, 0) is 11.2 Å². The third-order valence-electron chi connectivity index (χ3n) is 3.77. The van der Waals surface area contributed by atoms with Crippen LogP contribution in [0.15, 0.2) is 66.7 Å². The molecule has 0 radical (unpaired) electrons. The first kappa shape index (κ1) is 15.7. The number of carboxylic acids is 1. The molecule has 0 spiro atoms. The smallest absolute Gasteiger partial charge is 0.328 e. The summed E-state index contributed by atoms with van der Waals surface area (Å²) < 4.78 is 0. The minimum atomic E-state index is -1.00. The van der Waals surface area contributed by atoms with Gasteiger partial charge < -0.3 is 15.3 Å². The molecule has 0 saturated heterocycles. The first-order valence-corrected chi connectivity index (χ1v) is 7.74. The Balaban J connectivity index is 1.98. The van der Waals surface area contributed by atoms with Gasteiger partial charge in [-0.25, -0.2) is 4.79 Å². The maximum Gasteiger partial charge on any atom is 0.328 e. The van der Waals surface area contributed by atoms with Crippen molar-refractivity contribution in [3.8, 4) is 0 Å². The van der Waals surface area contributed by atoms with Gasteiger partial charge in [0.1, 0.15) is 5.66 Å². The second-order valence-electron chi connectivity index (χ2n) is 5.29. The molecule has 0 fully saturated rings.